The standard InChI is InChI=1S/C24H27N3O4/c1-2-31-21-8-4-3-6-19(21)14-25-23(29)18-11-9-17(10-12-18)15-26-16-22(28)27-13-5-7-20(27)24(26)30/h3-4,6,8-12,20H,2,5,7,13-16H2,1H3,(H,25,29)/t20-/m1/s1. The van der Waals surface area contributed by atoms with Crippen LogP contribution in [0.4, 0.5) is 0 Å². The molecule has 0 aliphatic carbocycles. The number of carbonyl (C=O) groups excluding carboxylic acids is 3. The van der Waals surface area contributed by atoms with Crippen molar-refractivity contribution in [2.24, 2.45) is 0 Å². The number of para-hydroxylation sites is 1. The molecule has 2 aliphatic rings. The minimum absolute atomic E-state index is 0.0189. The second-order valence-corrected chi connectivity index (χ2v) is 7.86. The molecule has 7 heteroatoms. The Labute approximate surface area is 182 Å². The molecule has 0 aromatic heterocycles. The average molecular weight is 421 g/mol. The normalized spacial score (nSPS) is 18.2. The van der Waals surface area contributed by atoms with Crippen LogP contribution in [0.15, 0.2) is 48.5 Å². The van der Waals surface area contributed by atoms with Gasteiger partial charge in [0.05, 0.1) is 6.61 Å². The van der Waals surface area contributed by atoms with E-state index in [0.29, 0.717) is 31.8 Å². The van der Waals surface area contributed by atoms with E-state index in [1.165, 1.54) is 0 Å². The number of benzene rings is 2. The summed E-state index contributed by atoms with van der Waals surface area (Å²) in [6.07, 6.45) is 1.63. The van der Waals surface area contributed by atoms with Crippen LogP contribution in [-0.2, 0) is 22.7 Å². The topological polar surface area (TPSA) is 79.0 Å². The Bertz CT molecular complexity index is 973. The Kier molecular flexibility index (Phi) is 6.21. The summed E-state index contributed by atoms with van der Waals surface area (Å²) in [5, 5.41) is 2.92. The molecule has 2 aliphatic heterocycles. The predicted molar refractivity (Wildman–Crippen MR) is 115 cm³/mol. The van der Waals surface area contributed by atoms with Gasteiger partial charge in [0, 0.05) is 30.8 Å². The molecule has 2 aromatic rings. The lowest BCUT2D eigenvalue weighted by Gasteiger charge is -2.36. The maximum atomic E-state index is 12.7. The number of nitrogens with zero attached hydrogens (tertiary/aromatic N) is 2. The Morgan fingerprint density at radius 2 is 1.90 bits per heavy atom. The summed E-state index contributed by atoms with van der Waals surface area (Å²) in [6, 6.07) is 14.5. The third-order valence-electron chi connectivity index (χ3n) is 5.80. The van der Waals surface area contributed by atoms with E-state index in [2.05, 4.69) is 5.32 Å². The largest absolute Gasteiger partial charge is 0.494 e. The number of nitrogens with one attached hydrogen (secondary N) is 1. The molecule has 2 fully saturated rings. The van der Waals surface area contributed by atoms with Gasteiger partial charge in [-0.3, -0.25) is 14.4 Å². The Hall–Kier alpha value is -3.35. The third kappa shape index (κ3) is 4.55. The van der Waals surface area contributed by atoms with Crippen molar-refractivity contribution in [3.8, 4) is 5.75 Å². The highest BCUT2D eigenvalue weighted by molar-refractivity contribution is 5.95. The van der Waals surface area contributed by atoms with Gasteiger partial charge < -0.3 is 19.9 Å². The van der Waals surface area contributed by atoms with Crippen LogP contribution in [0, 0.1) is 0 Å². The molecule has 2 heterocycles. The number of fused-ring (bicyclic) bond motifs is 1. The molecule has 1 atom stereocenters. The predicted octanol–water partition coefficient (Wildman–Crippen LogP) is 2.35. The first-order valence-corrected chi connectivity index (χ1v) is 10.7. The molecule has 0 saturated carbocycles. The summed E-state index contributed by atoms with van der Waals surface area (Å²) in [6.45, 7) is 4.04. The Morgan fingerprint density at radius 1 is 1.13 bits per heavy atom. The van der Waals surface area contributed by atoms with Gasteiger partial charge in [0.15, 0.2) is 0 Å². The fourth-order valence-corrected chi connectivity index (χ4v) is 4.20. The van der Waals surface area contributed by atoms with Gasteiger partial charge in [0.2, 0.25) is 11.8 Å². The monoisotopic (exact) mass is 421 g/mol. The van der Waals surface area contributed by atoms with Crippen molar-refractivity contribution in [1.29, 1.82) is 0 Å². The van der Waals surface area contributed by atoms with Crippen LogP contribution in [0.1, 0.15) is 41.3 Å². The Balaban J connectivity index is 1.35. The number of piperazine rings is 1. The lowest BCUT2D eigenvalue weighted by molar-refractivity contribution is -0.154. The molecule has 1 N–H and O–H groups in total. The van der Waals surface area contributed by atoms with Crippen molar-refractivity contribution < 1.29 is 19.1 Å². The molecule has 2 aromatic carbocycles. The van der Waals surface area contributed by atoms with Crippen LogP contribution < -0.4 is 10.1 Å². The van der Waals surface area contributed by atoms with E-state index >= 15 is 0 Å². The minimum atomic E-state index is -0.300. The molecule has 0 spiro atoms. The molecule has 0 bridgehead atoms. The smallest absolute Gasteiger partial charge is 0.251 e. The average Bonchev–Trinajstić information content (AvgIpc) is 3.28. The molecular weight excluding hydrogens is 394 g/mol. The number of carbonyl (C=O) groups is 3. The SMILES string of the molecule is CCOc1ccccc1CNC(=O)c1ccc(CN2CC(=O)N3CCC[C@@H]3C2=O)cc1. The fraction of sp³-hybridized carbons (Fsp3) is 0.375. The number of rotatable bonds is 7. The van der Waals surface area contributed by atoms with E-state index in [1.54, 1.807) is 21.9 Å². The van der Waals surface area contributed by atoms with E-state index in [-0.39, 0.29) is 30.3 Å². The van der Waals surface area contributed by atoms with Gasteiger partial charge >= 0.3 is 0 Å². The van der Waals surface area contributed by atoms with Crippen LogP contribution in [0.3, 0.4) is 0 Å². The summed E-state index contributed by atoms with van der Waals surface area (Å²) in [5.41, 5.74) is 2.36. The zero-order chi connectivity index (χ0) is 21.8. The summed E-state index contributed by atoms with van der Waals surface area (Å²) < 4.78 is 5.59. The number of ether oxygens (including phenoxy) is 1. The summed E-state index contributed by atoms with van der Waals surface area (Å²) in [5.74, 6) is 0.628. The molecule has 31 heavy (non-hydrogen) atoms. The molecule has 162 valence electrons. The first-order chi connectivity index (χ1) is 15.1. The van der Waals surface area contributed by atoms with E-state index in [1.807, 2.05) is 43.3 Å². The maximum Gasteiger partial charge on any atom is 0.251 e. The first kappa shape index (κ1) is 20.9. The highest BCUT2D eigenvalue weighted by atomic mass is 16.5. The van der Waals surface area contributed by atoms with Gasteiger partial charge in [-0.15, -0.1) is 0 Å². The minimum Gasteiger partial charge on any atom is -0.494 e. The van der Waals surface area contributed by atoms with Crippen LogP contribution >= 0.6 is 0 Å². The van der Waals surface area contributed by atoms with Crippen molar-refractivity contribution in [2.45, 2.75) is 38.9 Å². The molecular formula is C24H27N3O4. The molecule has 0 radical (unpaired) electrons. The number of hydrogen-bond acceptors (Lipinski definition) is 4. The molecule has 7 nitrogen and oxygen atoms in total. The van der Waals surface area contributed by atoms with E-state index in [0.717, 1.165) is 29.7 Å². The van der Waals surface area contributed by atoms with Crippen molar-refractivity contribution in [3.63, 3.8) is 0 Å². The van der Waals surface area contributed by atoms with Gasteiger partial charge in [-0.05, 0) is 43.5 Å². The molecule has 0 unspecified atom stereocenters. The summed E-state index contributed by atoms with van der Waals surface area (Å²) in [4.78, 5) is 40.8. The summed E-state index contributed by atoms with van der Waals surface area (Å²) >= 11 is 0. The van der Waals surface area contributed by atoms with Gasteiger partial charge in [0.1, 0.15) is 18.3 Å². The highest BCUT2D eigenvalue weighted by Gasteiger charge is 2.41. The van der Waals surface area contributed by atoms with Gasteiger partial charge in [0.25, 0.3) is 5.91 Å². The van der Waals surface area contributed by atoms with Crippen LogP contribution in [0.2, 0.25) is 0 Å². The lowest BCUT2D eigenvalue weighted by Crippen LogP contribution is -2.56. The second kappa shape index (κ2) is 9.20. The fourth-order valence-electron chi connectivity index (χ4n) is 4.20. The third-order valence-corrected chi connectivity index (χ3v) is 5.80. The van der Waals surface area contributed by atoms with Crippen LogP contribution in [-0.4, -0.2) is 53.3 Å². The Morgan fingerprint density at radius 3 is 2.68 bits per heavy atom. The van der Waals surface area contributed by atoms with Crippen molar-refractivity contribution in [2.75, 3.05) is 19.7 Å². The maximum absolute atomic E-state index is 12.7. The quantitative estimate of drug-likeness (QED) is 0.744. The van der Waals surface area contributed by atoms with Gasteiger partial charge in [-0.2, -0.15) is 0 Å². The lowest BCUT2D eigenvalue weighted by atomic mass is 10.1. The van der Waals surface area contributed by atoms with Crippen molar-refractivity contribution >= 4 is 17.7 Å². The first-order valence-electron chi connectivity index (χ1n) is 10.7. The molecule has 4 rings (SSSR count). The zero-order valence-electron chi connectivity index (χ0n) is 17.7. The van der Waals surface area contributed by atoms with Crippen LogP contribution in [0.5, 0.6) is 5.75 Å². The number of amides is 3. The van der Waals surface area contributed by atoms with E-state index in [4.69, 9.17) is 4.74 Å². The van der Waals surface area contributed by atoms with Crippen molar-refractivity contribution in [3.05, 3.63) is 65.2 Å². The molecule has 2 saturated heterocycles. The van der Waals surface area contributed by atoms with Crippen LogP contribution in [0.25, 0.3) is 0 Å². The van der Waals surface area contributed by atoms with Gasteiger partial charge in [-0.25, -0.2) is 0 Å². The zero-order valence-corrected chi connectivity index (χ0v) is 17.7. The highest BCUT2D eigenvalue weighted by Crippen LogP contribution is 2.25. The van der Waals surface area contributed by atoms with Crippen molar-refractivity contribution in [1.82, 2.24) is 15.1 Å². The van der Waals surface area contributed by atoms with Gasteiger partial charge in [-0.1, -0.05) is 30.3 Å². The molecule has 3 amide bonds. The number of hydrogen-bond donors (Lipinski definition) is 1. The van der Waals surface area contributed by atoms with E-state index < -0.39 is 0 Å². The van der Waals surface area contributed by atoms with E-state index in [9.17, 15) is 14.4 Å². The second-order valence-electron chi connectivity index (χ2n) is 7.86. The summed E-state index contributed by atoms with van der Waals surface area (Å²) in [7, 11) is 0.